The van der Waals surface area contributed by atoms with Crippen molar-refractivity contribution in [3.05, 3.63) is 29.8 Å². The highest BCUT2D eigenvalue weighted by Gasteiger charge is 2.47. The number of amides is 1. The molecule has 0 N–H and O–H groups in total. The Labute approximate surface area is 123 Å². The van der Waals surface area contributed by atoms with Crippen LogP contribution < -0.4 is 4.90 Å². The molecule has 0 saturated carbocycles. The van der Waals surface area contributed by atoms with E-state index in [9.17, 15) is 14.4 Å². The lowest BCUT2D eigenvalue weighted by Crippen LogP contribution is -2.44. The summed E-state index contributed by atoms with van der Waals surface area (Å²) >= 11 is 0. The second-order valence-corrected chi connectivity index (χ2v) is 5.22. The van der Waals surface area contributed by atoms with Crippen molar-refractivity contribution in [3.8, 4) is 0 Å². The van der Waals surface area contributed by atoms with Crippen molar-refractivity contribution in [2.45, 2.75) is 33.2 Å². The van der Waals surface area contributed by atoms with Crippen molar-refractivity contribution < 1.29 is 19.1 Å². The van der Waals surface area contributed by atoms with E-state index in [0.29, 0.717) is 5.69 Å². The molecule has 5 nitrogen and oxygen atoms in total. The second-order valence-electron chi connectivity index (χ2n) is 5.22. The average molecular weight is 289 g/mol. The zero-order chi connectivity index (χ0) is 15.6. The summed E-state index contributed by atoms with van der Waals surface area (Å²) in [5.41, 5.74) is 1.67. The standard InChI is InChI=1S/C16H19NO4/c1-4-21-16(20)15-13(11(3)18)9-14(19)17(15)12-7-5-10(2)6-8-12/h5-8,13,15H,4,9H2,1-3H3/t13-,15-/m1/s1. The molecule has 0 radical (unpaired) electrons. The van der Waals surface area contributed by atoms with E-state index in [1.807, 2.05) is 19.1 Å². The number of carbonyl (C=O) groups is 3. The Balaban J connectivity index is 2.40. The van der Waals surface area contributed by atoms with Gasteiger partial charge in [-0.25, -0.2) is 4.79 Å². The molecule has 1 heterocycles. The third-order valence-corrected chi connectivity index (χ3v) is 3.68. The molecule has 0 unspecified atom stereocenters. The number of ether oxygens (including phenoxy) is 1. The van der Waals surface area contributed by atoms with Crippen LogP contribution in [0.2, 0.25) is 0 Å². The summed E-state index contributed by atoms with van der Waals surface area (Å²) in [5, 5.41) is 0. The number of anilines is 1. The predicted molar refractivity (Wildman–Crippen MR) is 77.9 cm³/mol. The van der Waals surface area contributed by atoms with Crippen LogP contribution in [0.4, 0.5) is 5.69 Å². The largest absolute Gasteiger partial charge is 0.464 e. The molecule has 21 heavy (non-hydrogen) atoms. The normalized spacial score (nSPS) is 21.5. The highest BCUT2D eigenvalue weighted by molar-refractivity contribution is 6.07. The number of benzene rings is 1. The number of Topliss-reactive ketones (excluding diaryl/α,β-unsaturated/α-hetero) is 1. The van der Waals surface area contributed by atoms with Gasteiger partial charge in [-0.2, -0.15) is 0 Å². The van der Waals surface area contributed by atoms with Crippen molar-refractivity contribution in [1.82, 2.24) is 0 Å². The van der Waals surface area contributed by atoms with Gasteiger partial charge in [-0.3, -0.25) is 14.5 Å². The molecule has 1 aliphatic heterocycles. The average Bonchev–Trinajstić information content (AvgIpc) is 2.78. The van der Waals surface area contributed by atoms with E-state index in [-0.39, 0.29) is 24.7 Å². The fourth-order valence-electron chi connectivity index (χ4n) is 2.61. The number of rotatable bonds is 4. The van der Waals surface area contributed by atoms with Crippen molar-refractivity contribution in [1.29, 1.82) is 0 Å². The van der Waals surface area contributed by atoms with Crippen LogP contribution in [-0.2, 0) is 19.1 Å². The lowest BCUT2D eigenvalue weighted by atomic mass is 9.96. The maximum Gasteiger partial charge on any atom is 0.330 e. The molecule has 2 rings (SSSR count). The number of esters is 1. The minimum absolute atomic E-state index is 0.0483. The summed E-state index contributed by atoms with van der Waals surface area (Å²) in [4.78, 5) is 37.6. The van der Waals surface area contributed by atoms with Gasteiger partial charge in [0.25, 0.3) is 0 Å². The van der Waals surface area contributed by atoms with Gasteiger partial charge in [-0.05, 0) is 32.9 Å². The van der Waals surface area contributed by atoms with Crippen molar-refractivity contribution in [2.24, 2.45) is 5.92 Å². The third kappa shape index (κ3) is 2.96. The molecular formula is C16H19NO4. The summed E-state index contributed by atoms with van der Waals surface area (Å²) < 4.78 is 5.04. The number of carbonyl (C=O) groups excluding carboxylic acids is 3. The lowest BCUT2D eigenvalue weighted by Gasteiger charge is -2.25. The first-order chi connectivity index (χ1) is 9.95. The molecule has 1 aromatic rings. The Bertz CT molecular complexity index is 564. The van der Waals surface area contributed by atoms with Gasteiger partial charge in [0.1, 0.15) is 11.8 Å². The van der Waals surface area contributed by atoms with E-state index in [1.165, 1.54) is 11.8 Å². The van der Waals surface area contributed by atoms with Gasteiger partial charge in [0.15, 0.2) is 0 Å². The van der Waals surface area contributed by atoms with Crippen molar-refractivity contribution in [2.75, 3.05) is 11.5 Å². The molecule has 0 aliphatic carbocycles. The molecule has 0 bridgehead atoms. The topological polar surface area (TPSA) is 63.7 Å². The van der Waals surface area contributed by atoms with Crippen LogP contribution in [0, 0.1) is 12.8 Å². The summed E-state index contributed by atoms with van der Waals surface area (Å²) in [6, 6.07) is 6.43. The van der Waals surface area contributed by atoms with Gasteiger partial charge in [-0.1, -0.05) is 17.7 Å². The van der Waals surface area contributed by atoms with Crippen molar-refractivity contribution in [3.63, 3.8) is 0 Å². The van der Waals surface area contributed by atoms with E-state index in [1.54, 1.807) is 19.1 Å². The second kappa shape index (κ2) is 6.08. The molecule has 0 spiro atoms. The SMILES string of the molecule is CCOC(=O)[C@H]1[C@@H](C(C)=O)CC(=O)N1c1ccc(C)cc1. The summed E-state index contributed by atoms with van der Waals surface area (Å²) in [6.07, 6.45) is 0.0483. The zero-order valence-corrected chi connectivity index (χ0v) is 12.5. The molecule has 2 atom stereocenters. The first-order valence-electron chi connectivity index (χ1n) is 7.01. The van der Waals surface area contributed by atoms with E-state index in [4.69, 9.17) is 4.74 Å². The van der Waals surface area contributed by atoms with Gasteiger partial charge in [0.2, 0.25) is 5.91 Å². The van der Waals surface area contributed by atoms with Crippen LogP contribution in [0.1, 0.15) is 25.8 Å². The van der Waals surface area contributed by atoms with Crippen LogP contribution in [-0.4, -0.2) is 30.3 Å². The predicted octanol–water partition coefficient (Wildman–Crippen LogP) is 1.87. The molecule has 112 valence electrons. The number of ketones is 1. The van der Waals surface area contributed by atoms with E-state index in [0.717, 1.165) is 5.56 Å². The van der Waals surface area contributed by atoms with Crippen LogP contribution in [0.5, 0.6) is 0 Å². The van der Waals surface area contributed by atoms with E-state index >= 15 is 0 Å². The zero-order valence-electron chi connectivity index (χ0n) is 12.5. The molecule has 1 fully saturated rings. The summed E-state index contributed by atoms with van der Waals surface area (Å²) in [6.45, 7) is 5.27. The molecule has 1 aliphatic rings. The van der Waals surface area contributed by atoms with Gasteiger partial charge in [0, 0.05) is 12.1 Å². The first-order valence-corrected chi connectivity index (χ1v) is 7.01. The number of hydrogen-bond donors (Lipinski definition) is 0. The smallest absolute Gasteiger partial charge is 0.330 e. The minimum Gasteiger partial charge on any atom is -0.464 e. The van der Waals surface area contributed by atoms with Gasteiger partial charge in [0.05, 0.1) is 12.5 Å². The minimum atomic E-state index is -0.863. The fraction of sp³-hybridized carbons (Fsp3) is 0.438. The quantitative estimate of drug-likeness (QED) is 0.794. The Hall–Kier alpha value is -2.17. The molecular weight excluding hydrogens is 270 g/mol. The first kappa shape index (κ1) is 15.2. The molecule has 1 amide bonds. The van der Waals surface area contributed by atoms with E-state index < -0.39 is 17.9 Å². The monoisotopic (exact) mass is 289 g/mol. The fourth-order valence-corrected chi connectivity index (χ4v) is 2.61. The maximum atomic E-state index is 12.3. The van der Waals surface area contributed by atoms with Crippen LogP contribution in [0.15, 0.2) is 24.3 Å². The highest BCUT2D eigenvalue weighted by Crippen LogP contribution is 2.32. The van der Waals surface area contributed by atoms with Crippen LogP contribution >= 0.6 is 0 Å². The number of hydrogen-bond acceptors (Lipinski definition) is 4. The Morgan fingerprint density at radius 2 is 1.90 bits per heavy atom. The third-order valence-electron chi connectivity index (χ3n) is 3.68. The number of aryl methyl sites for hydroxylation is 1. The molecule has 5 heteroatoms. The number of nitrogens with zero attached hydrogens (tertiary/aromatic N) is 1. The van der Waals surface area contributed by atoms with Gasteiger partial charge >= 0.3 is 5.97 Å². The highest BCUT2D eigenvalue weighted by atomic mass is 16.5. The Kier molecular flexibility index (Phi) is 4.40. The maximum absolute atomic E-state index is 12.3. The molecule has 0 aromatic heterocycles. The van der Waals surface area contributed by atoms with Crippen LogP contribution in [0.25, 0.3) is 0 Å². The van der Waals surface area contributed by atoms with Gasteiger partial charge < -0.3 is 4.74 Å². The summed E-state index contributed by atoms with van der Waals surface area (Å²) in [7, 11) is 0. The molecule has 1 aromatic carbocycles. The summed E-state index contributed by atoms with van der Waals surface area (Å²) in [5.74, 6) is -1.56. The Morgan fingerprint density at radius 1 is 1.29 bits per heavy atom. The van der Waals surface area contributed by atoms with Gasteiger partial charge in [-0.15, -0.1) is 0 Å². The Morgan fingerprint density at radius 3 is 2.43 bits per heavy atom. The van der Waals surface area contributed by atoms with E-state index in [2.05, 4.69) is 0 Å². The molecule has 1 saturated heterocycles. The van der Waals surface area contributed by atoms with Crippen LogP contribution in [0.3, 0.4) is 0 Å². The lowest BCUT2D eigenvalue weighted by molar-refractivity contribution is -0.147. The van der Waals surface area contributed by atoms with Crippen molar-refractivity contribution >= 4 is 23.3 Å².